The number of para-hydroxylation sites is 1. The molecule has 1 saturated heterocycles. The molecule has 2 rings (SSSR count). The largest absolute Gasteiger partial charge is 0.496 e. The summed E-state index contributed by atoms with van der Waals surface area (Å²) in [6.45, 7) is 2.24. The average molecular weight is 344 g/mol. The maximum atomic E-state index is 12.4. The summed E-state index contributed by atoms with van der Waals surface area (Å²) >= 11 is 0. The van der Waals surface area contributed by atoms with Crippen LogP contribution in [0.2, 0.25) is 0 Å². The summed E-state index contributed by atoms with van der Waals surface area (Å²) in [4.78, 5) is 15.4. The van der Waals surface area contributed by atoms with Crippen molar-refractivity contribution in [3.8, 4) is 5.75 Å². The van der Waals surface area contributed by atoms with Crippen molar-refractivity contribution in [3.05, 3.63) is 29.8 Å². The maximum Gasteiger partial charge on any atom is 0.401 e. The fourth-order valence-corrected chi connectivity index (χ4v) is 2.98. The zero-order valence-electron chi connectivity index (χ0n) is 14.0. The summed E-state index contributed by atoms with van der Waals surface area (Å²) in [6, 6.07) is 7.55. The van der Waals surface area contributed by atoms with E-state index in [0.29, 0.717) is 19.5 Å². The molecule has 1 aliphatic rings. The highest BCUT2D eigenvalue weighted by Gasteiger charge is 2.33. The van der Waals surface area contributed by atoms with Gasteiger partial charge in [0.05, 0.1) is 13.7 Å². The zero-order valence-corrected chi connectivity index (χ0v) is 14.0. The Bertz CT molecular complexity index is 555. The molecule has 7 heteroatoms. The second kappa shape index (κ2) is 7.88. The maximum absolute atomic E-state index is 12.4. The third kappa shape index (κ3) is 5.12. The molecule has 0 aromatic heterocycles. The van der Waals surface area contributed by atoms with Crippen LogP contribution in [0.25, 0.3) is 0 Å². The fraction of sp³-hybridized carbons (Fsp3) is 0.588. The Morgan fingerprint density at radius 1 is 1.21 bits per heavy atom. The van der Waals surface area contributed by atoms with Gasteiger partial charge in [0.2, 0.25) is 5.91 Å². The van der Waals surface area contributed by atoms with Gasteiger partial charge in [-0.3, -0.25) is 9.69 Å². The Morgan fingerprint density at radius 3 is 2.42 bits per heavy atom. The van der Waals surface area contributed by atoms with Crippen molar-refractivity contribution in [3.63, 3.8) is 0 Å². The zero-order chi connectivity index (χ0) is 17.7. The van der Waals surface area contributed by atoms with E-state index in [-0.39, 0.29) is 24.9 Å². The Morgan fingerprint density at radius 2 is 1.83 bits per heavy atom. The van der Waals surface area contributed by atoms with Crippen LogP contribution in [0.1, 0.15) is 24.8 Å². The number of nitrogens with zero attached hydrogens (tertiary/aromatic N) is 2. The van der Waals surface area contributed by atoms with E-state index in [1.807, 2.05) is 31.2 Å². The molecule has 24 heavy (non-hydrogen) atoms. The molecule has 0 aliphatic carbocycles. The summed E-state index contributed by atoms with van der Waals surface area (Å²) in [6.07, 6.45) is -3.87. The van der Waals surface area contributed by atoms with Gasteiger partial charge in [0, 0.05) is 32.6 Å². The molecule has 1 fully saturated rings. The third-order valence-corrected chi connectivity index (χ3v) is 4.28. The SMILES string of the molecule is COc1ccccc1[C@@H](C)CC(=O)N1CCN(CC(F)(F)F)CC1. The van der Waals surface area contributed by atoms with Gasteiger partial charge in [0.25, 0.3) is 0 Å². The highest BCUT2D eigenvalue weighted by molar-refractivity contribution is 5.77. The molecular weight excluding hydrogens is 321 g/mol. The molecule has 0 spiro atoms. The number of halogens is 3. The van der Waals surface area contributed by atoms with Crippen molar-refractivity contribution < 1.29 is 22.7 Å². The van der Waals surface area contributed by atoms with Crippen LogP contribution < -0.4 is 4.74 Å². The predicted octanol–water partition coefficient (Wildman–Crippen LogP) is 2.90. The molecule has 1 aromatic carbocycles. The van der Waals surface area contributed by atoms with E-state index in [1.165, 1.54) is 4.90 Å². The molecular formula is C17H23F3N2O2. The van der Waals surface area contributed by atoms with Gasteiger partial charge in [-0.2, -0.15) is 13.2 Å². The Hall–Kier alpha value is -1.76. The molecule has 0 N–H and O–H groups in total. The first-order valence-corrected chi connectivity index (χ1v) is 8.00. The van der Waals surface area contributed by atoms with E-state index in [9.17, 15) is 18.0 Å². The van der Waals surface area contributed by atoms with Crippen LogP contribution in [-0.2, 0) is 4.79 Å². The van der Waals surface area contributed by atoms with Crippen LogP contribution in [0.4, 0.5) is 13.2 Å². The summed E-state index contributed by atoms with van der Waals surface area (Å²) in [7, 11) is 1.59. The van der Waals surface area contributed by atoms with Crippen molar-refractivity contribution in [1.29, 1.82) is 0 Å². The lowest BCUT2D eigenvalue weighted by molar-refractivity contribution is -0.151. The molecule has 0 bridgehead atoms. The minimum atomic E-state index is -4.19. The van der Waals surface area contributed by atoms with Crippen LogP contribution >= 0.6 is 0 Å². The molecule has 4 nitrogen and oxygen atoms in total. The minimum Gasteiger partial charge on any atom is -0.496 e. The van der Waals surface area contributed by atoms with Crippen LogP contribution in [0.15, 0.2) is 24.3 Å². The molecule has 134 valence electrons. The van der Waals surface area contributed by atoms with Gasteiger partial charge in [-0.05, 0) is 17.5 Å². The van der Waals surface area contributed by atoms with E-state index in [1.54, 1.807) is 12.0 Å². The number of hydrogen-bond acceptors (Lipinski definition) is 3. The van der Waals surface area contributed by atoms with Crippen molar-refractivity contribution in [2.75, 3.05) is 39.8 Å². The van der Waals surface area contributed by atoms with Crippen molar-refractivity contribution >= 4 is 5.91 Å². The van der Waals surface area contributed by atoms with Crippen LogP contribution in [-0.4, -0.2) is 61.7 Å². The van der Waals surface area contributed by atoms with E-state index < -0.39 is 12.7 Å². The van der Waals surface area contributed by atoms with Gasteiger partial charge in [0.1, 0.15) is 5.75 Å². The molecule has 1 heterocycles. The van der Waals surface area contributed by atoms with Gasteiger partial charge in [0.15, 0.2) is 0 Å². The smallest absolute Gasteiger partial charge is 0.401 e. The highest BCUT2D eigenvalue weighted by Crippen LogP contribution is 2.29. The summed E-state index contributed by atoms with van der Waals surface area (Å²) in [5.41, 5.74) is 0.962. The topological polar surface area (TPSA) is 32.8 Å². The number of amides is 1. The van der Waals surface area contributed by atoms with Gasteiger partial charge >= 0.3 is 6.18 Å². The van der Waals surface area contributed by atoms with Gasteiger partial charge in [-0.25, -0.2) is 0 Å². The summed E-state index contributed by atoms with van der Waals surface area (Å²) < 4.78 is 42.5. The first-order chi connectivity index (χ1) is 11.3. The predicted molar refractivity (Wildman–Crippen MR) is 85.1 cm³/mol. The third-order valence-electron chi connectivity index (χ3n) is 4.28. The fourth-order valence-electron chi connectivity index (χ4n) is 2.98. The van der Waals surface area contributed by atoms with Crippen molar-refractivity contribution in [1.82, 2.24) is 9.80 Å². The van der Waals surface area contributed by atoms with Gasteiger partial charge in [-0.1, -0.05) is 25.1 Å². The molecule has 1 amide bonds. The molecule has 1 atom stereocenters. The monoisotopic (exact) mass is 344 g/mol. The molecule has 1 aliphatic heterocycles. The summed E-state index contributed by atoms with van der Waals surface area (Å²) in [5.74, 6) is 0.703. The normalized spacial score (nSPS) is 17.6. The van der Waals surface area contributed by atoms with E-state index in [2.05, 4.69) is 0 Å². The minimum absolute atomic E-state index is 0.0122. The first-order valence-electron chi connectivity index (χ1n) is 8.00. The van der Waals surface area contributed by atoms with E-state index in [0.717, 1.165) is 11.3 Å². The number of carbonyl (C=O) groups is 1. The second-order valence-electron chi connectivity index (χ2n) is 6.12. The van der Waals surface area contributed by atoms with E-state index >= 15 is 0 Å². The number of hydrogen-bond donors (Lipinski definition) is 0. The number of methoxy groups -OCH3 is 1. The summed E-state index contributed by atoms with van der Waals surface area (Å²) in [5, 5.41) is 0. The number of alkyl halides is 3. The van der Waals surface area contributed by atoms with Gasteiger partial charge in [-0.15, -0.1) is 0 Å². The van der Waals surface area contributed by atoms with Crippen molar-refractivity contribution in [2.24, 2.45) is 0 Å². The Labute approximate surface area is 140 Å². The standard InChI is InChI=1S/C17H23F3N2O2/c1-13(14-5-3-4-6-15(14)24-2)11-16(23)22-9-7-21(8-10-22)12-17(18,19)20/h3-6,13H,7-12H2,1-2H3/t13-/m0/s1. The lowest BCUT2D eigenvalue weighted by Crippen LogP contribution is -2.51. The Kier molecular flexibility index (Phi) is 6.10. The number of carbonyl (C=O) groups excluding carboxylic acids is 1. The number of piperazine rings is 1. The highest BCUT2D eigenvalue weighted by atomic mass is 19.4. The first kappa shape index (κ1) is 18.6. The number of rotatable bonds is 5. The second-order valence-corrected chi connectivity index (χ2v) is 6.12. The molecule has 1 aromatic rings. The Balaban J connectivity index is 1.87. The number of ether oxygens (including phenoxy) is 1. The van der Waals surface area contributed by atoms with Crippen LogP contribution in [0, 0.1) is 0 Å². The molecule has 0 saturated carbocycles. The lowest BCUT2D eigenvalue weighted by Gasteiger charge is -2.35. The van der Waals surface area contributed by atoms with Crippen LogP contribution in [0.5, 0.6) is 5.75 Å². The molecule has 0 radical (unpaired) electrons. The number of benzene rings is 1. The van der Waals surface area contributed by atoms with E-state index in [4.69, 9.17) is 4.74 Å². The lowest BCUT2D eigenvalue weighted by atomic mass is 9.96. The quantitative estimate of drug-likeness (QED) is 0.823. The van der Waals surface area contributed by atoms with Crippen LogP contribution in [0.3, 0.4) is 0 Å². The van der Waals surface area contributed by atoms with Crippen molar-refractivity contribution in [2.45, 2.75) is 25.4 Å². The molecule has 0 unspecified atom stereocenters. The van der Waals surface area contributed by atoms with Gasteiger partial charge < -0.3 is 9.64 Å². The average Bonchev–Trinajstić information content (AvgIpc) is 2.53.